The molecule has 1 N–H and O–H groups in total. The predicted octanol–water partition coefficient (Wildman–Crippen LogP) is 1.67. The van der Waals surface area contributed by atoms with Crippen LogP contribution >= 0.6 is 0 Å². The Morgan fingerprint density at radius 1 is 1.21 bits per heavy atom. The second-order valence-corrected chi connectivity index (χ2v) is 4.13. The van der Waals surface area contributed by atoms with Crippen molar-refractivity contribution in [3.05, 3.63) is 53.6 Å². The highest BCUT2D eigenvalue weighted by Crippen LogP contribution is 2.31. The first kappa shape index (κ1) is 11.3. The Kier molecular flexibility index (Phi) is 2.49. The molecule has 0 spiro atoms. The SMILES string of the molecule is CC(=Nn1cnnc1)C1=C(O)c2ccccc2C1=O. The molecule has 0 amide bonds. The Morgan fingerprint density at radius 2 is 1.84 bits per heavy atom. The number of benzene rings is 1. The molecular formula is C13H10N4O2. The third kappa shape index (κ3) is 1.74. The smallest absolute Gasteiger partial charge is 0.199 e. The van der Waals surface area contributed by atoms with Gasteiger partial charge in [-0.2, -0.15) is 5.10 Å². The lowest BCUT2D eigenvalue weighted by atomic mass is 10.1. The number of carbonyl (C=O) groups is 1. The molecule has 1 aromatic heterocycles. The van der Waals surface area contributed by atoms with E-state index in [9.17, 15) is 9.90 Å². The summed E-state index contributed by atoms with van der Waals surface area (Å²) in [6, 6.07) is 6.94. The normalized spacial score (nSPS) is 15.0. The van der Waals surface area contributed by atoms with Crippen molar-refractivity contribution in [1.29, 1.82) is 0 Å². The zero-order valence-electron chi connectivity index (χ0n) is 10.1. The van der Waals surface area contributed by atoms with Crippen LogP contribution in [0.25, 0.3) is 5.76 Å². The minimum atomic E-state index is -0.220. The van der Waals surface area contributed by atoms with E-state index >= 15 is 0 Å². The summed E-state index contributed by atoms with van der Waals surface area (Å²) in [5.74, 6) is -0.252. The first-order chi connectivity index (χ1) is 9.18. The highest BCUT2D eigenvalue weighted by atomic mass is 16.3. The number of carbonyl (C=O) groups excluding carboxylic acids is 1. The van der Waals surface area contributed by atoms with Crippen LogP contribution in [0.5, 0.6) is 0 Å². The minimum absolute atomic E-state index is 0.0325. The van der Waals surface area contributed by atoms with E-state index in [1.807, 2.05) is 0 Å². The fourth-order valence-corrected chi connectivity index (χ4v) is 2.07. The molecule has 0 saturated carbocycles. The largest absolute Gasteiger partial charge is 0.506 e. The predicted molar refractivity (Wildman–Crippen MR) is 68.9 cm³/mol. The van der Waals surface area contributed by atoms with Crippen LogP contribution in [0.2, 0.25) is 0 Å². The number of ketones is 1. The summed E-state index contributed by atoms with van der Waals surface area (Å²) in [5.41, 5.74) is 1.67. The molecule has 1 heterocycles. The zero-order chi connectivity index (χ0) is 13.4. The van der Waals surface area contributed by atoms with Gasteiger partial charge in [0.1, 0.15) is 18.4 Å². The van der Waals surface area contributed by atoms with E-state index in [1.165, 1.54) is 17.3 Å². The number of rotatable bonds is 2. The molecule has 0 atom stereocenters. The molecule has 1 aliphatic rings. The first-order valence-corrected chi connectivity index (χ1v) is 5.66. The second kappa shape index (κ2) is 4.16. The van der Waals surface area contributed by atoms with Crippen LogP contribution in [0.4, 0.5) is 0 Å². The van der Waals surface area contributed by atoms with E-state index in [4.69, 9.17) is 0 Å². The maximum atomic E-state index is 12.2. The van der Waals surface area contributed by atoms with Crippen molar-refractivity contribution in [1.82, 2.24) is 14.9 Å². The molecule has 2 aromatic rings. The van der Waals surface area contributed by atoms with E-state index in [-0.39, 0.29) is 17.1 Å². The van der Waals surface area contributed by atoms with Crippen LogP contribution in [0.15, 0.2) is 47.6 Å². The Morgan fingerprint density at radius 3 is 2.47 bits per heavy atom. The van der Waals surface area contributed by atoms with E-state index in [1.54, 1.807) is 31.2 Å². The van der Waals surface area contributed by atoms with Gasteiger partial charge in [0, 0.05) is 11.1 Å². The Bertz CT molecular complexity index is 714. The van der Waals surface area contributed by atoms with E-state index in [0.717, 1.165) is 0 Å². The lowest BCUT2D eigenvalue weighted by Crippen LogP contribution is -2.09. The lowest BCUT2D eigenvalue weighted by Gasteiger charge is -2.01. The van der Waals surface area contributed by atoms with Crippen molar-refractivity contribution in [2.75, 3.05) is 0 Å². The zero-order valence-corrected chi connectivity index (χ0v) is 10.1. The number of aliphatic hydroxyl groups excluding tert-OH is 1. The fourth-order valence-electron chi connectivity index (χ4n) is 2.07. The van der Waals surface area contributed by atoms with Crippen LogP contribution < -0.4 is 0 Å². The summed E-state index contributed by atoms with van der Waals surface area (Å²) >= 11 is 0. The van der Waals surface area contributed by atoms with Gasteiger partial charge in [0.15, 0.2) is 5.78 Å². The standard InChI is InChI=1S/C13H10N4O2/c1-8(16-17-6-14-15-7-17)11-12(18)9-4-2-3-5-10(9)13(11)19/h2-7,18H,1H3. The molecule has 0 radical (unpaired) electrons. The topological polar surface area (TPSA) is 80.4 Å². The van der Waals surface area contributed by atoms with Crippen LogP contribution in [0, 0.1) is 0 Å². The molecule has 0 bridgehead atoms. The number of aromatic nitrogens is 3. The molecule has 1 aliphatic carbocycles. The van der Waals surface area contributed by atoms with Gasteiger partial charge in [-0.3, -0.25) is 4.79 Å². The minimum Gasteiger partial charge on any atom is -0.506 e. The molecule has 3 rings (SSSR count). The van der Waals surface area contributed by atoms with Crippen molar-refractivity contribution >= 4 is 17.3 Å². The van der Waals surface area contributed by atoms with Crippen LogP contribution in [-0.2, 0) is 0 Å². The number of allylic oxidation sites excluding steroid dienone is 1. The number of aliphatic hydroxyl groups is 1. The number of hydrogen-bond acceptors (Lipinski definition) is 5. The van der Waals surface area contributed by atoms with Gasteiger partial charge in [0.25, 0.3) is 0 Å². The van der Waals surface area contributed by atoms with Gasteiger partial charge in [-0.1, -0.05) is 24.3 Å². The maximum absolute atomic E-state index is 12.2. The van der Waals surface area contributed by atoms with E-state index in [2.05, 4.69) is 15.3 Å². The molecule has 0 fully saturated rings. The van der Waals surface area contributed by atoms with Gasteiger partial charge in [-0.15, -0.1) is 10.2 Å². The lowest BCUT2D eigenvalue weighted by molar-refractivity contribution is 0.104. The Labute approximate surface area is 108 Å². The average Bonchev–Trinajstić information content (AvgIpc) is 2.99. The van der Waals surface area contributed by atoms with Crippen molar-refractivity contribution < 1.29 is 9.90 Å². The van der Waals surface area contributed by atoms with Gasteiger partial charge in [-0.05, 0) is 6.92 Å². The van der Waals surface area contributed by atoms with Gasteiger partial charge in [0.2, 0.25) is 0 Å². The number of nitrogens with zero attached hydrogens (tertiary/aromatic N) is 4. The third-order valence-corrected chi connectivity index (χ3v) is 2.92. The van der Waals surface area contributed by atoms with E-state index in [0.29, 0.717) is 16.8 Å². The molecule has 94 valence electrons. The van der Waals surface area contributed by atoms with Crippen molar-refractivity contribution in [2.24, 2.45) is 5.10 Å². The Balaban J connectivity index is 2.08. The molecule has 0 aliphatic heterocycles. The highest BCUT2D eigenvalue weighted by Gasteiger charge is 2.30. The second-order valence-electron chi connectivity index (χ2n) is 4.13. The molecular weight excluding hydrogens is 244 g/mol. The maximum Gasteiger partial charge on any atom is 0.199 e. The monoisotopic (exact) mass is 254 g/mol. The van der Waals surface area contributed by atoms with Crippen LogP contribution in [0.3, 0.4) is 0 Å². The molecule has 1 aromatic carbocycles. The fraction of sp³-hybridized carbons (Fsp3) is 0.0769. The van der Waals surface area contributed by atoms with Crippen LogP contribution in [0.1, 0.15) is 22.8 Å². The summed E-state index contributed by atoms with van der Waals surface area (Å²) in [4.78, 5) is 12.2. The third-order valence-electron chi connectivity index (χ3n) is 2.92. The summed E-state index contributed by atoms with van der Waals surface area (Å²) in [5, 5.41) is 21.5. The summed E-state index contributed by atoms with van der Waals surface area (Å²) in [6.07, 6.45) is 2.82. The molecule has 0 saturated heterocycles. The van der Waals surface area contributed by atoms with Gasteiger partial charge in [-0.25, -0.2) is 4.68 Å². The quantitative estimate of drug-likeness (QED) is 0.826. The molecule has 19 heavy (non-hydrogen) atoms. The first-order valence-electron chi connectivity index (χ1n) is 5.66. The average molecular weight is 254 g/mol. The molecule has 6 nitrogen and oxygen atoms in total. The van der Waals surface area contributed by atoms with Gasteiger partial charge in [0.05, 0.1) is 11.3 Å². The molecule has 6 heteroatoms. The van der Waals surface area contributed by atoms with Gasteiger partial charge >= 0.3 is 0 Å². The number of hydrogen-bond donors (Lipinski definition) is 1. The number of Topliss-reactive ketones (excluding diaryl/α,β-unsaturated/α-hetero) is 1. The van der Waals surface area contributed by atoms with Crippen LogP contribution in [-0.4, -0.2) is 31.5 Å². The Hall–Kier alpha value is -2.76. The number of fused-ring (bicyclic) bond motifs is 1. The summed E-state index contributed by atoms with van der Waals surface area (Å²) < 4.78 is 1.38. The summed E-state index contributed by atoms with van der Waals surface area (Å²) in [6.45, 7) is 1.66. The van der Waals surface area contributed by atoms with E-state index < -0.39 is 0 Å². The van der Waals surface area contributed by atoms with Crippen molar-refractivity contribution in [3.8, 4) is 0 Å². The highest BCUT2D eigenvalue weighted by molar-refractivity contribution is 6.35. The molecule has 0 unspecified atom stereocenters. The van der Waals surface area contributed by atoms with Crippen molar-refractivity contribution in [3.63, 3.8) is 0 Å². The summed E-state index contributed by atoms with van der Waals surface area (Å²) in [7, 11) is 0. The van der Waals surface area contributed by atoms with Crippen molar-refractivity contribution in [2.45, 2.75) is 6.92 Å². The van der Waals surface area contributed by atoms with Gasteiger partial charge < -0.3 is 5.11 Å².